The van der Waals surface area contributed by atoms with Gasteiger partial charge in [-0.2, -0.15) is 0 Å². The Kier molecular flexibility index (Phi) is 13.8. The summed E-state index contributed by atoms with van der Waals surface area (Å²) in [6, 6.07) is 26.3. The van der Waals surface area contributed by atoms with E-state index in [1.165, 1.54) is 22.3 Å². The van der Waals surface area contributed by atoms with Crippen molar-refractivity contribution in [3.63, 3.8) is 0 Å². The lowest BCUT2D eigenvalue weighted by Gasteiger charge is -2.40. The summed E-state index contributed by atoms with van der Waals surface area (Å²) in [4.78, 5) is 29.6. The van der Waals surface area contributed by atoms with Crippen molar-refractivity contribution in [1.82, 2.24) is 20.4 Å². The first-order valence-electron chi connectivity index (χ1n) is 23.9. The highest BCUT2D eigenvalue weighted by Gasteiger charge is 2.56. The van der Waals surface area contributed by atoms with E-state index in [-0.39, 0.29) is 41.9 Å². The number of carbonyl (C=O) groups excluding carboxylic acids is 2. The monoisotopic (exact) mass is 928 g/mol. The predicted octanol–water partition coefficient (Wildman–Crippen LogP) is 5.62. The molecule has 0 unspecified atom stereocenters. The first kappa shape index (κ1) is 47.8. The number of benzene rings is 3. The normalized spacial score (nSPS) is 31.1. The van der Waals surface area contributed by atoms with Crippen LogP contribution in [0.15, 0.2) is 78.9 Å². The SMILES string of the molecule is CC1(NC(=O)OCC2c3ccccc3-c3ccccc32)CCN(C[C@H]2O[C@@H]3OC(C)(C)O[C@@H]3[C@H]2O)CC1.CC1(NC(=O)OCc2ccccc2)CCN(C[C@H]2O[C@@H]3OC(C)(C)O[C@@H]3[C@H]2O)CC1. The van der Waals surface area contributed by atoms with Gasteiger partial charge in [0.25, 0.3) is 0 Å². The van der Waals surface area contributed by atoms with Crippen LogP contribution in [0.25, 0.3) is 11.1 Å². The van der Waals surface area contributed by atoms with E-state index in [2.05, 4.69) is 51.6 Å². The van der Waals surface area contributed by atoms with E-state index < -0.39 is 54.7 Å². The van der Waals surface area contributed by atoms with Crippen molar-refractivity contribution in [3.05, 3.63) is 95.6 Å². The zero-order chi connectivity index (χ0) is 47.1. The number of hydrogen-bond donors (Lipinski definition) is 4. The lowest BCUT2D eigenvalue weighted by Crippen LogP contribution is -2.55. The largest absolute Gasteiger partial charge is 0.449 e. The van der Waals surface area contributed by atoms with Crippen LogP contribution in [0.4, 0.5) is 9.59 Å². The van der Waals surface area contributed by atoms with Crippen molar-refractivity contribution >= 4 is 12.2 Å². The molecule has 6 saturated heterocycles. The number of rotatable bonds is 10. The molecule has 6 fully saturated rings. The lowest BCUT2D eigenvalue weighted by molar-refractivity contribution is -0.217. The molecule has 16 heteroatoms. The summed E-state index contributed by atoms with van der Waals surface area (Å²) in [5.41, 5.74) is 5.14. The van der Waals surface area contributed by atoms with Gasteiger partial charge in [0.05, 0.1) is 0 Å². The molecule has 3 aromatic rings. The number of likely N-dealkylation sites (tertiary alicyclic amines) is 2. The standard InChI is InChI=1S/C29H36N2O6.C22H32N2O6/c1-28(2)36-25-24(32)23(35-26(25)37-28)16-31-14-12-29(3,13-15-31)30-27(33)34-17-22-20-10-6-4-8-18(20)19-9-5-7-11-21(19)22;1-21(2)29-18-17(25)16(28-19(18)30-21)13-24-11-9-22(3,10-12-24)23-20(26)27-14-15-7-5-4-6-8-15/h4-11,22-26,32H,12-17H2,1-3H3,(H,30,33);4-8,16-19,25H,9-14H2,1-3H3,(H,23,26)/t23-,24+,25-,26-;16-,17+,18-,19-/m11/s1. The molecule has 67 heavy (non-hydrogen) atoms. The molecule has 8 atom stereocenters. The van der Waals surface area contributed by atoms with E-state index in [1.807, 2.05) is 89.2 Å². The van der Waals surface area contributed by atoms with Crippen molar-refractivity contribution < 1.29 is 57.7 Å². The summed E-state index contributed by atoms with van der Waals surface area (Å²) >= 11 is 0. The van der Waals surface area contributed by atoms with Crippen LogP contribution >= 0.6 is 0 Å². The number of aliphatic hydroxyl groups excluding tert-OH is 2. The summed E-state index contributed by atoms with van der Waals surface area (Å²) in [6.07, 6.45) is -1.69. The lowest BCUT2D eigenvalue weighted by atomic mass is 9.89. The fourth-order valence-electron chi connectivity index (χ4n) is 10.5. The van der Waals surface area contributed by atoms with Crippen molar-refractivity contribution in [1.29, 1.82) is 0 Å². The Hall–Kier alpha value is -4.20. The van der Waals surface area contributed by atoms with Crippen LogP contribution in [0.1, 0.15) is 89.8 Å². The molecular formula is C51H68N4O12. The van der Waals surface area contributed by atoms with Gasteiger partial charge in [0.1, 0.15) is 49.8 Å². The topological polar surface area (TPSA) is 179 Å². The fraction of sp³-hybridized carbons (Fsp3) is 0.608. The fourth-order valence-corrected chi connectivity index (χ4v) is 10.5. The summed E-state index contributed by atoms with van der Waals surface area (Å²) in [5.74, 6) is -1.42. The minimum absolute atomic E-state index is 0.0451. The third kappa shape index (κ3) is 11.0. The second kappa shape index (κ2) is 19.3. The van der Waals surface area contributed by atoms with Gasteiger partial charge in [-0.05, 0) is 95.0 Å². The molecule has 0 aromatic heterocycles. The molecule has 364 valence electrons. The Balaban J connectivity index is 0.000000172. The quantitative estimate of drug-likeness (QED) is 0.197. The third-order valence-corrected chi connectivity index (χ3v) is 14.4. The molecule has 10 rings (SSSR count). The van der Waals surface area contributed by atoms with Crippen molar-refractivity contribution in [2.24, 2.45) is 0 Å². The molecule has 4 N–H and O–H groups in total. The number of nitrogens with zero attached hydrogens (tertiary/aromatic N) is 2. The number of ether oxygens (including phenoxy) is 8. The highest BCUT2D eigenvalue weighted by molar-refractivity contribution is 5.79. The molecule has 1 aliphatic carbocycles. The number of alkyl carbamates (subject to hydrolysis) is 2. The summed E-state index contributed by atoms with van der Waals surface area (Å²) in [7, 11) is 0. The Morgan fingerprint density at radius 3 is 1.46 bits per heavy atom. The van der Waals surface area contributed by atoms with Crippen LogP contribution in [0, 0.1) is 0 Å². The van der Waals surface area contributed by atoms with Gasteiger partial charge >= 0.3 is 12.2 Å². The maximum absolute atomic E-state index is 12.8. The minimum atomic E-state index is -0.737. The number of amides is 2. The average Bonchev–Trinajstić information content (AvgIpc) is 4.04. The maximum atomic E-state index is 12.8. The van der Waals surface area contributed by atoms with Crippen molar-refractivity contribution in [3.8, 4) is 11.1 Å². The van der Waals surface area contributed by atoms with Crippen LogP contribution in [-0.2, 0) is 44.5 Å². The zero-order valence-corrected chi connectivity index (χ0v) is 39.6. The molecular weight excluding hydrogens is 861 g/mol. The second-order valence-corrected chi connectivity index (χ2v) is 20.6. The molecule has 0 saturated carbocycles. The van der Waals surface area contributed by atoms with E-state index >= 15 is 0 Å². The van der Waals surface area contributed by atoms with Crippen molar-refractivity contribution in [2.75, 3.05) is 45.9 Å². The van der Waals surface area contributed by atoms with Gasteiger partial charge in [0.2, 0.25) is 0 Å². The van der Waals surface area contributed by atoms with Gasteiger partial charge in [0, 0.05) is 56.3 Å². The highest BCUT2D eigenvalue weighted by Crippen LogP contribution is 2.45. The van der Waals surface area contributed by atoms with E-state index in [0.29, 0.717) is 19.7 Å². The van der Waals surface area contributed by atoms with Crippen LogP contribution in [0.2, 0.25) is 0 Å². The molecule has 6 heterocycles. The summed E-state index contributed by atoms with van der Waals surface area (Å²) < 4.78 is 46.0. The average molecular weight is 929 g/mol. The predicted molar refractivity (Wildman–Crippen MR) is 246 cm³/mol. The van der Waals surface area contributed by atoms with Gasteiger partial charge in [0.15, 0.2) is 24.2 Å². The molecule has 0 spiro atoms. The second-order valence-electron chi connectivity index (χ2n) is 20.6. The van der Waals surface area contributed by atoms with Gasteiger partial charge in [-0.3, -0.25) is 0 Å². The van der Waals surface area contributed by atoms with Crippen LogP contribution in [0.5, 0.6) is 0 Å². The Labute approximate surface area is 393 Å². The summed E-state index contributed by atoms with van der Waals surface area (Å²) in [5, 5.41) is 27.4. The first-order valence-corrected chi connectivity index (χ1v) is 23.9. The Morgan fingerprint density at radius 2 is 1.01 bits per heavy atom. The smallest absolute Gasteiger partial charge is 0.407 e. The maximum Gasteiger partial charge on any atom is 0.407 e. The van der Waals surface area contributed by atoms with Gasteiger partial charge in [-0.15, -0.1) is 0 Å². The Morgan fingerprint density at radius 1 is 0.597 bits per heavy atom. The number of fused-ring (bicyclic) bond motifs is 5. The van der Waals surface area contributed by atoms with E-state index in [4.69, 9.17) is 37.9 Å². The number of nitrogens with one attached hydrogen (secondary N) is 2. The number of carbonyl (C=O) groups is 2. The third-order valence-electron chi connectivity index (χ3n) is 14.4. The van der Waals surface area contributed by atoms with Gasteiger partial charge < -0.3 is 68.5 Å². The molecule has 16 nitrogen and oxygen atoms in total. The van der Waals surface area contributed by atoms with E-state index in [0.717, 1.165) is 57.4 Å². The Bertz CT molecular complexity index is 2150. The van der Waals surface area contributed by atoms with E-state index in [1.54, 1.807) is 0 Å². The van der Waals surface area contributed by atoms with Gasteiger partial charge in [-0.25, -0.2) is 9.59 Å². The molecule has 3 aromatic carbocycles. The molecule has 2 amide bonds. The van der Waals surface area contributed by atoms with Crippen molar-refractivity contribution in [2.45, 2.75) is 152 Å². The first-order chi connectivity index (χ1) is 31.9. The molecule has 6 aliphatic heterocycles. The number of piperidine rings is 2. The molecule has 0 radical (unpaired) electrons. The number of hydrogen-bond acceptors (Lipinski definition) is 14. The van der Waals surface area contributed by atoms with Crippen LogP contribution < -0.4 is 10.6 Å². The van der Waals surface area contributed by atoms with Crippen LogP contribution in [0.3, 0.4) is 0 Å². The summed E-state index contributed by atoms with van der Waals surface area (Å²) in [6.45, 7) is 16.3. The number of aliphatic hydroxyl groups is 2. The molecule has 7 aliphatic rings. The molecule has 0 bridgehead atoms. The van der Waals surface area contributed by atoms with E-state index in [9.17, 15) is 19.8 Å². The zero-order valence-electron chi connectivity index (χ0n) is 39.6. The van der Waals surface area contributed by atoms with Gasteiger partial charge in [-0.1, -0.05) is 78.9 Å². The van der Waals surface area contributed by atoms with Crippen LogP contribution in [-0.4, -0.2) is 150 Å². The minimum Gasteiger partial charge on any atom is -0.449 e. The highest BCUT2D eigenvalue weighted by atomic mass is 16.8.